The predicted molar refractivity (Wildman–Crippen MR) is 108 cm³/mol. The molecule has 0 spiro atoms. The molecule has 0 saturated carbocycles. The number of hydrogen-bond donors (Lipinski definition) is 2. The monoisotopic (exact) mass is 438 g/mol. The van der Waals surface area contributed by atoms with Crippen LogP contribution in [-0.2, 0) is 10.0 Å². The number of halogens is 3. The highest BCUT2D eigenvalue weighted by atomic mass is 35.5. The van der Waals surface area contributed by atoms with Crippen LogP contribution in [-0.4, -0.2) is 14.3 Å². The van der Waals surface area contributed by atoms with Crippen LogP contribution in [0.3, 0.4) is 0 Å². The van der Waals surface area contributed by atoms with Gasteiger partial charge in [-0.25, -0.2) is 12.8 Å². The molecule has 9 heteroatoms. The lowest BCUT2D eigenvalue weighted by Gasteiger charge is -2.11. The molecule has 0 aromatic heterocycles. The van der Waals surface area contributed by atoms with Crippen LogP contribution < -0.4 is 10.0 Å². The molecule has 0 aliphatic rings. The van der Waals surface area contributed by atoms with E-state index >= 15 is 0 Å². The molecule has 0 radical (unpaired) electrons. The Morgan fingerprint density at radius 1 is 0.893 bits per heavy atom. The summed E-state index contributed by atoms with van der Waals surface area (Å²) in [4.78, 5) is 12.1. The molecular formula is C19H13Cl2FN2O3S. The molecule has 0 bridgehead atoms. The number of hydrogen-bond acceptors (Lipinski definition) is 3. The Bertz CT molecular complexity index is 1140. The van der Waals surface area contributed by atoms with Crippen molar-refractivity contribution in [1.29, 1.82) is 0 Å². The summed E-state index contributed by atoms with van der Waals surface area (Å²) in [6, 6.07) is 15.5. The lowest BCUT2D eigenvalue weighted by atomic mass is 10.2. The van der Waals surface area contributed by atoms with Gasteiger partial charge in [0.15, 0.2) is 0 Å². The van der Waals surface area contributed by atoms with E-state index in [1.807, 2.05) is 0 Å². The molecule has 144 valence electrons. The average molecular weight is 439 g/mol. The molecule has 3 aromatic carbocycles. The van der Waals surface area contributed by atoms with Crippen molar-refractivity contribution in [3.63, 3.8) is 0 Å². The molecule has 0 unspecified atom stereocenters. The molecule has 1 amide bonds. The van der Waals surface area contributed by atoms with Crippen LogP contribution in [0.15, 0.2) is 71.6 Å². The highest BCUT2D eigenvalue weighted by Gasteiger charge is 2.17. The summed E-state index contributed by atoms with van der Waals surface area (Å²) in [6.45, 7) is 0. The summed E-state index contributed by atoms with van der Waals surface area (Å²) >= 11 is 11.9. The maximum Gasteiger partial charge on any atom is 0.261 e. The van der Waals surface area contributed by atoms with E-state index in [0.29, 0.717) is 5.69 Å². The molecule has 0 atom stereocenters. The maximum atomic E-state index is 13.7. The summed E-state index contributed by atoms with van der Waals surface area (Å²) < 4.78 is 41.0. The van der Waals surface area contributed by atoms with Gasteiger partial charge in [0.25, 0.3) is 15.9 Å². The van der Waals surface area contributed by atoms with Gasteiger partial charge in [0, 0.05) is 5.69 Å². The van der Waals surface area contributed by atoms with Gasteiger partial charge in [0.1, 0.15) is 5.82 Å². The van der Waals surface area contributed by atoms with Crippen LogP contribution >= 0.6 is 23.2 Å². The van der Waals surface area contributed by atoms with Crippen molar-refractivity contribution in [2.24, 2.45) is 0 Å². The molecule has 0 aliphatic carbocycles. The molecule has 0 fully saturated rings. The summed E-state index contributed by atoms with van der Waals surface area (Å²) in [5, 5.41) is 2.81. The van der Waals surface area contributed by atoms with Gasteiger partial charge in [0.05, 0.1) is 26.2 Å². The number of benzene rings is 3. The third-order valence-corrected chi connectivity index (χ3v) is 5.94. The molecule has 2 N–H and O–H groups in total. The van der Waals surface area contributed by atoms with Crippen molar-refractivity contribution in [1.82, 2.24) is 0 Å². The minimum Gasteiger partial charge on any atom is -0.322 e. The Balaban J connectivity index is 1.77. The second kappa shape index (κ2) is 8.18. The topological polar surface area (TPSA) is 75.3 Å². The number of carbonyl (C=O) groups excluding carboxylic acids is 1. The normalized spacial score (nSPS) is 11.1. The Morgan fingerprint density at radius 3 is 2.25 bits per heavy atom. The fourth-order valence-corrected chi connectivity index (χ4v) is 3.82. The van der Waals surface area contributed by atoms with Crippen molar-refractivity contribution >= 4 is 50.5 Å². The molecule has 28 heavy (non-hydrogen) atoms. The number of rotatable bonds is 5. The predicted octanol–water partition coefficient (Wildman–Crippen LogP) is 5.19. The second-order valence-electron chi connectivity index (χ2n) is 5.67. The number of nitrogens with one attached hydrogen (secondary N) is 2. The first-order valence-electron chi connectivity index (χ1n) is 7.91. The van der Waals surface area contributed by atoms with Gasteiger partial charge in [-0.3, -0.25) is 9.52 Å². The summed E-state index contributed by atoms with van der Waals surface area (Å²) in [5.41, 5.74) is 0.343. The fourth-order valence-electron chi connectivity index (χ4n) is 2.35. The smallest absolute Gasteiger partial charge is 0.261 e. The molecule has 3 aromatic rings. The SMILES string of the molecule is O=C(Nc1ccc(S(=O)(=O)Nc2cccc(Cl)c2Cl)cc1)c1ccccc1F. The molecule has 5 nitrogen and oxygen atoms in total. The number of amides is 1. The number of sulfonamides is 1. The molecular weight excluding hydrogens is 426 g/mol. The Morgan fingerprint density at radius 2 is 1.57 bits per heavy atom. The zero-order valence-corrected chi connectivity index (χ0v) is 16.4. The summed E-state index contributed by atoms with van der Waals surface area (Å²) in [6.07, 6.45) is 0. The minimum atomic E-state index is -3.92. The lowest BCUT2D eigenvalue weighted by molar-refractivity contribution is 0.102. The zero-order chi connectivity index (χ0) is 20.3. The van der Waals surface area contributed by atoms with E-state index < -0.39 is 21.7 Å². The van der Waals surface area contributed by atoms with E-state index in [9.17, 15) is 17.6 Å². The minimum absolute atomic E-state index is 0.0487. The Kier molecular flexibility index (Phi) is 5.88. The zero-order valence-electron chi connectivity index (χ0n) is 14.1. The van der Waals surface area contributed by atoms with E-state index in [1.54, 1.807) is 12.1 Å². The first kappa shape index (κ1) is 20.1. The van der Waals surface area contributed by atoms with Gasteiger partial charge in [0.2, 0.25) is 0 Å². The highest BCUT2D eigenvalue weighted by Crippen LogP contribution is 2.31. The van der Waals surface area contributed by atoms with E-state index in [2.05, 4.69) is 10.0 Å². The average Bonchev–Trinajstić information content (AvgIpc) is 2.66. The van der Waals surface area contributed by atoms with E-state index in [1.165, 1.54) is 54.6 Å². The Hall–Kier alpha value is -2.61. The van der Waals surface area contributed by atoms with E-state index in [4.69, 9.17) is 23.2 Å². The van der Waals surface area contributed by atoms with Gasteiger partial charge in [-0.15, -0.1) is 0 Å². The van der Waals surface area contributed by atoms with Crippen molar-refractivity contribution in [3.8, 4) is 0 Å². The summed E-state index contributed by atoms with van der Waals surface area (Å²) in [5.74, 6) is -1.29. The van der Waals surface area contributed by atoms with Gasteiger partial charge < -0.3 is 5.32 Å². The molecule has 0 heterocycles. The quantitative estimate of drug-likeness (QED) is 0.575. The molecule has 3 rings (SSSR count). The number of carbonyl (C=O) groups is 1. The number of anilines is 2. The standard InChI is InChI=1S/C19H13Cl2FN2O3S/c20-15-5-3-7-17(18(15)21)24-28(26,27)13-10-8-12(9-11-13)23-19(25)14-4-1-2-6-16(14)22/h1-11,24H,(H,23,25). The molecule has 0 aliphatic heterocycles. The van der Waals surface area contributed by atoms with Crippen LogP contribution in [0, 0.1) is 5.82 Å². The fraction of sp³-hybridized carbons (Fsp3) is 0. The van der Waals surface area contributed by atoms with Gasteiger partial charge in [-0.05, 0) is 48.5 Å². The Labute approximate surface area is 171 Å². The third kappa shape index (κ3) is 4.44. The van der Waals surface area contributed by atoms with Crippen LogP contribution in [0.25, 0.3) is 0 Å². The first-order valence-corrected chi connectivity index (χ1v) is 10.1. The summed E-state index contributed by atoms with van der Waals surface area (Å²) in [7, 11) is -3.92. The lowest BCUT2D eigenvalue weighted by Crippen LogP contribution is -2.15. The van der Waals surface area contributed by atoms with Gasteiger partial charge in [-0.2, -0.15) is 0 Å². The van der Waals surface area contributed by atoms with E-state index in [-0.39, 0.29) is 26.2 Å². The maximum absolute atomic E-state index is 13.7. The van der Waals surface area contributed by atoms with Crippen LogP contribution in [0.2, 0.25) is 10.0 Å². The van der Waals surface area contributed by atoms with Crippen molar-refractivity contribution in [2.75, 3.05) is 10.0 Å². The van der Waals surface area contributed by atoms with Crippen molar-refractivity contribution in [3.05, 3.63) is 88.2 Å². The largest absolute Gasteiger partial charge is 0.322 e. The first-order chi connectivity index (χ1) is 13.3. The van der Waals surface area contributed by atoms with Gasteiger partial charge >= 0.3 is 0 Å². The van der Waals surface area contributed by atoms with Gasteiger partial charge in [-0.1, -0.05) is 41.4 Å². The van der Waals surface area contributed by atoms with Crippen LogP contribution in [0.5, 0.6) is 0 Å². The third-order valence-electron chi connectivity index (χ3n) is 3.74. The van der Waals surface area contributed by atoms with E-state index in [0.717, 1.165) is 0 Å². The molecule has 0 saturated heterocycles. The van der Waals surface area contributed by atoms with Crippen LogP contribution in [0.4, 0.5) is 15.8 Å². The second-order valence-corrected chi connectivity index (χ2v) is 8.13. The van der Waals surface area contributed by atoms with Crippen molar-refractivity contribution < 1.29 is 17.6 Å². The van der Waals surface area contributed by atoms with Crippen molar-refractivity contribution in [2.45, 2.75) is 4.90 Å². The van der Waals surface area contributed by atoms with Crippen LogP contribution in [0.1, 0.15) is 10.4 Å². The highest BCUT2D eigenvalue weighted by molar-refractivity contribution is 7.92.